The summed E-state index contributed by atoms with van der Waals surface area (Å²) in [6, 6.07) is 5.17. The Morgan fingerprint density at radius 2 is 1.93 bits per heavy atom. The van der Waals surface area contributed by atoms with Gasteiger partial charge in [-0.3, -0.25) is 14.5 Å². The molecule has 4 rings (SSSR count). The standard InChI is InChI=1S/C20H25N3O5/c1-20(2)18(25)23(19(26)21-20)12-17(24)22-8-3-5-14(22)13-6-7-15-16(11-13)28-10-4-9-27-15/h6-7,11,14H,3-5,8-10,12H2,1-2H3,(H,21,26). The molecule has 4 amide bonds. The number of rotatable bonds is 3. The molecule has 0 bridgehead atoms. The molecule has 0 saturated carbocycles. The fourth-order valence-electron chi connectivity index (χ4n) is 3.99. The third-order valence-electron chi connectivity index (χ3n) is 5.47. The normalized spacial score (nSPS) is 23.6. The number of imide groups is 1. The maximum Gasteiger partial charge on any atom is 0.325 e. The summed E-state index contributed by atoms with van der Waals surface area (Å²) in [5, 5.41) is 2.61. The van der Waals surface area contributed by atoms with Crippen LogP contribution >= 0.6 is 0 Å². The van der Waals surface area contributed by atoms with E-state index in [0.29, 0.717) is 25.5 Å². The lowest BCUT2D eigenvalue weighted by molar-refractivity contribution is -0.139. The summed E-state index contributed by atoms with van der Waals surface area (Å²) in [5.74, 6) is 0.817. The van der Waals surface area contributed by atoms with E-state index in [1.807, 2.05) is 18.2 Å². The maximum absolute atomic E-state index is 12.9. The first kappa shape index (κ1) is 18.6. The zero-order valence-corrected chi connectivity index (χ0v) is 16.2. The minimum atomic E-state index is -0.976. The second-order valence-electron chi connectivity index (χ2n) is 7.95. The van der Waals surface area contributed by atoms with Crippen molar-refractivity contribution in [1.82, 2.24) is 15.1 Å². The molecule has 3 aliphatic heterocycles. The Balaban J connectivity index is 1.51. The van der Waals surface area contributed by atoms with E-state index in [4.69, 9.17) is 9.47 Å². The fourth-order valence-corrected chi connectivity index (χ4v) is 3.99. The third kappa shape index (κ3) is 3.27. The maximum atomic E-state index is 12.9. The molecule has 8 nitrogen and oxygen atoms in total. The molecule has 0 spiro atoms. The number of amides is 4. The van der Waals surface area contributed by atoms with Gasteiger partial charge in [0.25, 0.3) is 5.91 Å². The van der Waals surface area contributed by atoms with Crippen molar-refractivity contribution in [3.63, 3.8) is 0 Å². The summed E-state index contributed by atoms with van der Waals surface area (Å²) in [5.41, 5.74) is 0.00321. The third-order valence-corrected chi connectivity index (χ3v) is 5.47. The first-order chi connectivity index (χ1) is 13.4. The van der Waals surface area contributed by atoms with Gasteiger partial charge in [-0.15, -0.1) is 0 Å². The van der Waals surface area contributed by atoms with Gasteiger partial charge in [0.15, 0.2) is 11.5 Å². The summed E-state index contributed by atoms with van der Waals surface area (Å²) in [7, 11) is 0. The van der Waals surface area contributed by atoms with Gasteiger partial charge in [-0.2, -0.15) is 0 Å². The van der Waals surface area contributed by atoms with Gasteiger partial charge in [0.1, 0.15) is 12.1 Å². The smallest absolute Gasteiger partial charge is 0.325 e. The van der Waals surface area contributed by atoms with Crippen LogP contribution in [0.5, 0.6) is 11.5 Å². The van der Waals surface area contributed by atoms with Crippen LogP contribution in [0.4, 0.5) is 4.79 Å². The lowest BCUT2D eigenvalue weighted by Crippen LogP contribution is -2.44. The number of nitrogens with one attached hydrogen (secondary N) is 1. The molecule has 0 aromatic heterocycles. The monoisotopic (exact) mass is 387 g/mol. The van der Waals surface area contributed by atoms with Gasteiger partial charge in [-0.1, -0.05) is 6.07 Å². The van der Waals surface area contributed by atoms with E-state index in [-0.39, 0.29) is 24.4 Å². The predicted octanol–water partition coefficient (Wildman–Crippen LogP) is 1.84. The number of fused-ring (bicyclic) bond motifs is 1. The molecule has 3 aliphatic rings. The molecular weight excluding hydrogens is 362 g/mol. The van der Waals surface area contributed by atoms with Crippen LogP contribution in [0.1, 0.15) is 44.7 Å². The van der Waals surface area contributed by atoms with Gasteiger partial charge >= 0.3 is 6.03 Å². The highest BCUT2D eigenvalue weighted by atomic mass is 16.5. The molecule has 150 valence electrons. The van der Waals surface area contributed by atoms with Gasteiger partial charge in [-0.25, -0.2) is 4.79 Å². The zero-order chi connectivity index (χ0) is 19.9. The zero-order valence-electron chi connectivity index (χ0n) is 16.2. The minimum absolute atomic E-state index is 0.0987. The number of hydrogen-bond donors (Lipinski definition) is 1. The number of benzene rings is 1. The van der Waals surface area contributed by atoms with Crippen LogP contribution in [0, 0.1) is 0 Å². The van der Waals surface area contributed by atoms with Crippen molar-refractivity contribution in [3.8, 4) is 11.5 Å². The molecule has 1 N–H and O–H groups in total. The van der Waals surface area contributed by atoms with Crippen LogP contribution in [-0.2, 0) is 9.59 Å². The highest BCUT2D eigenvalue weighted by molar-refractivity contribution is 6.08. The molecular formula is C20H25N3O5. The molecule has 8 heteroatoms. The molecule has 1 unspecified atom stereocenters. The van der Waals surface area contributed by atoms with E-state index in [2.05, 4.69) is 5.32 Å². The Morgan fingerprint density at radius 1 is 1.18 bits per heavy atom. The van der Waals surface area contributed by atoms with E-state index >= 15 is 0 Å². The van der Waals surface area contributed by atoms with Gasteiger partial charge in [0.05, 0.1) is 19.3 Å². The van der Waals surface area contributed by atoms with Gasteiger partial charge in [0.2, 0.25) is 5.91 Å². The summed E-state index contributed by atoms with van der Waals surface area (Å²) >= 11 is 0. The molecule has 2 saturated heterocycles. The Labute approximate surface area is 163 Å². The van der Waals surface area contributed by atoms with Crippen LogP contribution in [-0.4, -0.2) is 59.5 Å². The van der Waals surface area contributed by atoms with E-state index in [1.54, 1.807) is 18.7 Å². The van der Waals surface area contributed by atoms with Crippen molar-refractivity contribution in [2.24, 2.45) is 0 Å². The Morgan fingerprint density at radius 3 is 2.64 bits per heavy atom. The van der Waals surface area contributed by atoms with Crippen molar-refractivity contribution in [3.05, 3.63) is 23.8 Å². The number of carbonyl (C=O) groups is 3. The van der Waals surface area contributed by atoms with Gasteiger partial charge < -0.3 is 19.7 Å². The number of hydrogen-bond acceptors (Lipinski definition) is 5. The number of ether oxygens (including phenoxy) is 2. The Kier molecular flexibility index (Phi) is 4.64. The predicted molar refractivity (Wildman–Crippen MR) is 100 cm³/mol. The van der Waals surface area contributed by atoms with Crippen LogP contribution in [0.3, 0.4) is 0 Å². The molecule has 0 aliphatic carbocycles. The molecule has 3 heterocycles. The largest absolute Gasteiger partial charge is 0.490 e. The lowest BCUT2D eigenvalue weighted by atomic mass is 10.0. The summed E-state index contributed by atoms with van der Waals surface area (Å²) < 4.78 is 11.4. The SMILES string of the molecule is CC1(C)NC(=O)N(CC(=O)N2CCCC2c2ccc3c(c2)OCCCO3)C1=O. The average Bonchev–Trinajstić information content (AvgIpc) is 3.11. The van der Waals surface area contributed by atoms with E-state index in [9.17, 15) is 14.4 Å². The van der Waals surface area contributed by atoms with E-state index < -0.39 is 11.6 Å². The topological polar surface area (TPSA) is 88.2 Å². The molecule has 1 aromatic carbocycles. The average molecular weight is 387 g/mol. The highest BCUT2D eigenvalue weighted by Crippen LogP contribution is 2.38. The minimum Gasteiger partial charge on any atom is -0.490 e. The van der Waals surface area contributed by atoms with Crippen molar-refractivity contribution in [1.29, 1.82) is 0 Å². The summed E-state index contributed by atoms with van der Waals surface area (Å²) in [4.78, 5) is 40.1. The van der Waals surface area contributed by atoms with Crippen molar-refractivity contribution < 1.29 is 23.9 Å². The van der Waals surface area contributed by atoms with Crippen LogP contribution in [0.25, 0.3) is 0 Å². The number of urea groups is 1. The van der Waals surface area contributed by atoms with E-state index in [1.165, 1.54) is 0 Å². The van der Waals surface area contributed by atoms with Crippen molar-refractivity contribution >= 4 is 17.8 Å². The summed E-state index contributed by atoms with van der Waals surface area (Å²) in [6.45, 7) is 4.86. The molecule has 2 fully saturated rings. The van der Waals surface area contributed by atoms with Crippen LogP contribution in [0.15, 0.2) is 18.2 Å². The van der Waals surface area contributed by atoms with Crippen molar-refractivity contribution in [2.45, 2.75) is 44.7 Å². The van der Waals surface area contributed by atoms with Crippen LogP contribution < -0.4 is 14.8 Å². The Bertz CT molecular complexity index is 822. The van der Waals surface area contributed by atoms with Crippen molar-refractivity contribution in [2.75, 3.05) is 26.3 Å². The number of likely N-dealkylation sites (tertiary alicyclic amines) is 1. The quantitative estimate of drug-likeness (QED) is 0.800. The van der Waals surface area contributed by atoms with Gasteiger partial charge in [-0.05, 0) is 44.4 Å². The first-order valence-corrected chi connectivity index (χ1v) is 9.70. The Hall–Kier alpha value is -2.77. The first-order valence-electron chi connectivity index (χ1n) is 9.70. The number of carbonyl (C=O) groups excluding carboxylic acids is 3. The van der Waals surface area contributed by atoms with Gasteiger partial charge in [0, 0.05) is 13.0 Å². The summed E-state index contributed by atoms with van der Waals surface area (Å²) in [6.07, 6.45) is 2.54. The second-order valence-corrected chi connectivity index (χ2v) is 7.95. The molecule has 28 heavy (non-hydrogen) atoms. The van der Waals surface area contributed by atoms with E-state index in [0.717, 1.165) is 35.5 Å². The second kappa shape index (κ2) is 7.00. The molecule has 0 radical (unpaired) electrons. The molecule has 1 aromatic rings. The highest BCUT2D eigenvalue weighted by Gasteiger charge is 2.45. The molecule has 1 atom stereocenters. The van der Waals surface area contributed by atoms with Crippen LogP contribution in [0.2, 0.25) is 0 Å². The lowest BCUT2D eigenvalue weighted by Gasteiger charge is -2.27. The number of nitrogens with zero attached hydrogens (tertiary/aromatic N) is 2. The fraction of sp³-hybridized carbons (Fsp3) is 0.550.